The lowest BCUT2D eigenvalue weighted by Gasteiger charge is -2.40. The molecule has 1 heterocycles. The maximum Gasteiger partial charge on any atom is 0.306 e. The number of piperazine rings is 1. The molecule has 148 valence electrons. The molecule has 0 aliphatic carbocycles. The van der Waals surface area contributed by atoms with E-state index in [2.05, 4.69) is 65.1 Å². The highest BCUT2D eigenvalue weighted by molar-refractivity contribution is 5.81. The molecule has 1 aliphatic rings. The lowest BCUT2D eigenvalue weighted by molar-refractivity contribution is -0.144. The predicted molar refractivity (Wildman–Crippen MR) is 109 cm³/mol. The van der Waals surface area contributed by atoms with Crippen molar-refractivity contribution in [1.82, 2.24) is 9.80 Å². The molecule has 28 heavy (non-hydrogen) atoms. The van der Waals surface area contributed by atoms with Gasteiger partial charge in [-0.15, -0.1) is 0 Å². The first kappa shape index (κ1) is 20.1. The van der Waals surface area contributed by atoms with Gasteiger partial charge in [0.05, 0.1) is 19.6 Å². The zero-order chi connectivity index (χ0) is 19.9. The lowest BCUT2D eigenvalue weighted by atomic mass is 9.95. The quantitative estimate of drug-likeness (QED) is 0.723. The van der Waals surface area contributed by atoms with Crippen LogP contribution in [-0.2, 0) is 14.3 Å². The van der Waals surface area contributed by atoms with Crippen LogP contribution in [-0.4, -0.2) is 55.0 Å². The van der Waals surface area contributed by atoms with Gasteiger partial charge in [-0.2, -0.15) is 0 Å². The van der Waals surface area contributed by atoms with Gasteiger partial charge in [0.1, 0.15) is 0 Å². The number of carbonyl (C=O) groups is 2. The number of hydrogen-bond donors (Lipinski definition) is 0. The fraction of sp³-hybridized carbons (Fsp3) is 0.391. The number of methoxy groups -OCH3 is 1. The number of ether oxygens (including phenoxy) is 1. The van der Waals surface area contributed by atoms with Gasteiger partial charge in [-0.1, -0.05) is 60.2 Å². The molecule has 1 saturated heterocycles. The molecule has 2 aromatic rings. The number of nitrogens with zero attached hydrogens (tertiary/aromatic N) is 2. The highest BCUT2D eigenvalue weighted by Gasteiger charge is 2.28. The Morgan fingerprint density at radius 2 is 1.50 bits per heavy atom. The van der Waals surface area contributed by atoms with Crippen LogP contribution < -0.4 is 0 Å². The number of carbonyl (C=O) groups excluding carboxylic acids is 2. The highest BCUT2D eigenvalue weighted by atomic mass is 16.5. The minimum atomic E-state index is -0.338. The van der Waals surface area contributed by atoms with Gasteiger partial charge in [-0.25, -0.2) is 0 Å². The van der Waals surface area contributed by atoms with Crippen molar-refractivity contribution < 1.29 is 14.3 Å². The van der Waals surface area contributed by atoms with Gasteiger partial charge in [0.25, 0.3) is 0 Å². The van der Waals surface area contributed by atoms with Gasteiger partial charge in [0.15, 0.2) is 0 Å². The molecule has 1 amide bonds. The molecule has 0 unspecified atom stereocenters. The van der Waals surface area contributed by atoms with Crippen LogP contribution in [0.15, 0.2) is 54.6 Å². The number of amides is 1. The van der Waals surface area contributed by atoms with Gasteiger partial charge in [0.2, 0.25) is 5.91 Å². The SMILES string of the molecule is COC(=O)CCC(=O)N1CCN([C@@H](c2ccccc2)c2ccc(C)cc2)CC1. The van der Waals surface area contributed by atoms with E-state index in [1.807, 2.05) is 11.0 Å². The molecule has 5 nitrogen and oxygen atoms in total. The number of esters is 1. The molecule has 1 fully saturated rings. The summed E-state index contributed by atoms with van der Waals surface area (Å²) in [6.45, 7) is 5.05. The van der Waals surface area contributed by atoms with E-state index in [-0.39, 0.29) is 30.8 Å². The standard InChI is InChI=1S/C23H28N2O3/c1-18-8-10-20(11-9-18)23(19-6-4-3-5-7-19)25-16-14-24(15-17-25)21(26)12-13-22(27)28-2/h3-11,23H,12-17H2,1-2H3/t23-/m0/s1. The second-order valence-corrected chi connectivity index (χ2v) is 7.22. The summed E-state index contributed by atoms with van der Waals surface area (Å²) in [4.78, 5) is 27.9. The Labute approximate surface area is 166 Å². The van der Waals surface area contributed by atoms with Crippen molar-refractivity contribution in [2.75, 3.05) is 33.3 Å². The third-order valence-corrected chi connectivity index (χ3v) is 5.31. The Bertz CT molecular complexity index is 781. The molecule has 1 atom stereocenters. The second-order valence-electron chi connectivity index (χ2n) is 7.22. The van der Waals surface area contributed by atoms with Crippen LogP contribution in [0.3, 0.4) is 0 Å². The van der Waals surface area contributed by atoms with Crippen molar-refractivity contribution in [1.29, 1.82) is 0 Å². The minimum absolute atomic E-state index is 0.0247. The maximum atomic E-state index is 12.4. The van der Waals surface area contributed by atoms with Gasteiger partial charge in [0, 0.05) is 32.6 Å². The van der Waals surface area contributed by atoms with Crippen molar-refractivity contribution in [3.63, 3.8) is 0 Å². The Kier molecular flexibility index (Phi) is 6.82. The Balaban J connectivity index is 1.69. The smallest absolute Gasteiger partial charge is 0.306 e. The molecule has 0 N–H and O–H groups in total. The molecule has 0 saturated carbocycles. The summed E-state index contributed by atoms with van der Waals surface area (Å²) in [6, 6.07) is 19.4. The van der Waals surface area contributed by atoms with E-state index in [0.29, 0.717) is 13.1 Å². The third kappa shape index (κ3) is 4.98. The molecule has 1 aliphatic heterocycles. The van der Waals surface area contributed by atoms with Crippen LogP contribution in [0.25, 0.3) is 0 Å². The normalized spacial score (nSPS) is 15.9. The summed E-state index contributed by atoms with van der Waals surface area (Å²) in [6.07, 6.45) is 0.359. The first-order valence-electron chi connectivity index (χ1n) is 9.78. The molecular formula is C23H28N2O3. The number of aryl methyl sites for hydroxylation is 1. The lowest BCUT2D eigenvalue weighted by Crippen LogP contribution is -2.49. The monoisotopic (exact) mass is 380 g/mol. The summed E-state index contributed by atoms with van der Waals surface area (Å²) in [5.41, 5.74) is 3.77. The van der Waals surface area contributed by atoms with Crippen LogP contribution in [0.1, 0.15) is 35.6 Å². The second kappa shape index (κ2) is 9.51. The first-order chi connectivity index (χ1) is 13.6. The van der Waals surface area contributed by atoms with E-state index in [1.54, 1.807) is 0 Å². The molecule has 0 radical (unpaired) electrons. The summed E-state index contributed by atoms with van der Waals surface area (Å²) < 4.78 is 4.62. The summed E-state index contributed by atoms with van der Waals surface area (Å²) in [5, 5.41) is 0. The van der Waals surface area contributed by atoms with E-state index >= 15 is 0 Å². The maximum absolute atomic E-state index is 12.4. The zero-order valence-corrected chi connectivity index (χ0v) is 16.6. The van der Waals surface area contributed by atoms with Crippen LogP contribution in [0.4, 0.5) is 0 Å². The van der Waals surface area contributed by atoms with Crippen molar-refractivity contribution in [3.8, 4) is 0 Å². The predicted octanol–water partition coefficient (Wildman–Crippen LogP) is 3.18. The Morgan fingerprint density at radius 1 is 0.893 bits per heavy atom. The van der Waals surface area contributed by atoms with Crippen LogP contribution in [0, 0.1) is 6.92 Å². The molecule has 3 rings (SSSR count). The average Bonchev–Trinajstić information content (AvgIpc) is 2.74. The Hall–Kier alpha value is -2.66. The molecule has 0 spiro atoms. The van der Waals surface area contributed by atoms with Crippen molar-refractivity contribution in [2.45, 2.75) is 25.8 Å². The fourth-order valence-corrected chi connectivity index (χ4v) is 3.70. The summed E-state index contributed by atoms with van der Waals surface area (Å²) in [7, 11) is 1.35. The summed E-state index contributed by atoms with van der Waals surface area (Å²) in [5.74, 6) is -0.313. The van der Waals surface area contributed by atoms with Crippen LogP contribution in [0.2, 0.25) is 0 Å². The number of hydrogen-bond acceptors (Lipinski definition) is 4. The van der Waals surface area contributed by atoms with Gasteiger partial charge < -0.3 is 9.64 Å². The van der Waals surface area contributed by atoms with E-state index in [0.717, 1.165) is 13.1 Å². The first-order valence-corrected chi connectivity index (χ1v) is 9.78. The fourth-order valence-electron chi connectivity index (χ4n) is 3.70. The largest absolute Gasteiger partial charge is 0.469 e. The molecular weight excluding hydrogens is 352 g/mol. The van der Waals surface area contributed by atoms with E-state index in [1.165, 1.54) is 23.8 Å². The Morgan fingerprint density at radius 3 is 2.11 bits per heavy atom. The summed E-state index contributed by atoms with van der Waals surface area (Å²) >= 11 is 0. The van der Waals surface area contributed by atoms with Crippen molar-refractivity contribution >= 4 is 11.9 Å². The molecule has 2 aromatic carbocycles. The molecule has 0 aromatic heterocycles. The van der Waals surface area contributed by atoms with Crippen LogP contribution in [0.5, 0.6) is 0 Å². The zero-order valence-electron chi connectivity index (χ0n) is 16.6. The third-order valence-electron chi connectivity index (χ3n) is 5.31. The molecule has 5 heteroatoms. The van der Waals surface area contributed by atoms with Crippen molar-refractivity contribution in [3.05, 3.63) is 71.3 Å². The number of rotatable bonds is 6. The molecule has 0 bridgehead atoms. The van der Waals surface area contributed by atoms with E-state index in [4.69, 9.17) is 0 Å². The van der Waals surface area contributed by atoms with Crippen LogP contribution >= 0.6 is 0 Å². The van der Waals surface area contributed by atoms with Crippen molar-refractivity contribution in [2.24, 2.45) is 0 Å². The average molecular weight is 380 g/mol. The minimum Gasteiger partial charge on any atom is -0.469 e. The number of benzene rings is 2. The van der Waals surface area contributed by atoms with Gasteiger partial charge >= 0.3 is 5.97 Å². The van der Waals surface area contributed by atoms with E-state index in [9.17, 15) is 9.59 Å². The van der Waals surface area contributed by atoms with Gasteiger partial charge in [-0.05, 0) is 18.1 Å². The highest BCUT2D eigenvalue weighted by Crippen LogP contribution is 2.29. The van der Waals surface area contributed by atoms with E-state index < -0.39 is 0 Å². The van der Waals surface area contributed by atoms with Gasteiger partial charge in [-0.3, -0.25) is 14.5 Å². The topological polar surface area (TPSA) is 49.9 Å².